The molecule has 11 heteroatoms. The van der Waals surface area contributed by atoms with E-state index >= 15 is 0 Å². The van der Waals surface area contributed by atoms with Gasteiger partial charge in [-0.3, -0.25) is 15.0 Å². The molecule has 0 radical (unpaired) electrons. The van der Waals surface area contributed by atoms with Crippen LogP contribution in [0.4, 0.5) is 0 Å². The maximum atomic E-state index is 13.3. The molecule has 2 saturated carbocycles. The van der Waals surface area contributed by atoms with Crippen LogP contribution in [0.25, 0.3) is 0 Å². The molecule has 2 aliphatic carbocycles. The van der Waals surface area contributed by atoms with Crippen molar-refractivity contribution in [3.63, 3.8) is 0 Å². The number of carbonyl (C=O) groups is 2. The highest BCUT2D eigenvalue weighted by Crippen LogP contribution is 2.40. The highest BCUT2D eigenvalue weighted by atomic mass is 32.2. The van der Waals surface area contributed by atoms with Gasteiger partial charge >= 0.3 is 0 Å². The maximum absolute atomic E-state index is 13.3. The standard InChI is InChI=1S/C27H43N5O4S2/c1-18-7-5-6-10-22(18)20-13-23(27(34)30-14-21-11-12-24(37-21)26(28)29)32(16-20)25(33)15-31-38(35,36)17-19-8-3-2-4-9-19/h11-12,18-20,22-23,31H,2-10,13-17H2,1H3,(H3,28,29)(H,30,34)/t18?,20?,22?,23-/m0/s1. The first-order valence-electron chi connectivity index (χ1n) is 14.1. The highest BCUT2D eigenvalue weighted by Gasteiger charge is 2.43. The van der Waals surface area contributed by atoms with E-state index in [1.165, 1.54) is 30.6 Å². The summed E-state index contributed by atoms with van der Waals surface area (Å²) in [5, 5.41) is 10.5. The third-order valence-corrected chi connectivity index (χ3v) is 11.3. The third kappa shape index (κ3) is 7.57. The van der Waals surface area contributed by atoms with Gasteiger partial charge in [0, 0.05) is 11.4 Å². The van der Waals surface area contributed by atoms with Crippen LogP contribution in [0.2, 0.25) is 0 Å². The maximum Gasteiger partial charge on any atom is 0.243 e. The second-order valence-electron chi connectivity index (χ2n) is 11.5. The number of thiophene rings is 1. The van der Waals surface area contributed by atoms with Crippen molar-refractivity contribution in [3.8, 4) is 0 Å². The van der Waals surface area contributed by atoms with Crippen LogP contribution >= 0.6 is 11.3 Å². The molecule has 3 unspecified atom stereocenters. The summed E-state index contributed by atoms with van der Waals surface area (Å²) in [5.74, 6) is 0.915. The lowest BCUT2D eigenvalue weighted by atomic mass is 9.72. The van der Waals surface area contributed by atoms with E-state index in [1.807, 2.05) is 6.07 Å². The van der Waals surface area contributed by atoms with E-state index in [4.69, 9.17) is 11.1 Å². The first-order chi connectivity index (χ1) is 18.1. The average Bonchev–Trinajstić information content (AvgIpc) is 3.55. The molecule has 0 bridgehead atoms. The number of rotatable bonds is 10. The van der Waals surface area contributed by atoms with E-state index in [9.17, 15) is 18.0 Å². The van der Waals surface area contributed by atoms with Crippen molar-refractivity contribution in [3.05, 3.63) is 21.9 Å². The van der Waals surface area contributed by atoms with Gasteiger partial charge in [0.15, 0.2) is 0 Å². The average molecular weight is 566 g/mol. The second-order valence-corrected chi connectivity index (χ2v) is 14.5. The molecule has 0 spiro atoms. The number of nitrogens with one attached hydrogen (secondary N) is 3. The van der Waals surface area contributed by atoms with Crippen molar-refractivity contribution >= 4 is 39.0 Å². The van der Waals surface area contributed by atoms with Crippen LogP contribution in [0.15, 0.2) is 12.1 Å². The molecule has 38 heavy (non-hydrogen) atoms. The van der Waals surface area contributed by atoms with Crippen LogP contribution in [0.5, 0.6) is 0 Å². The number of hydrogen-bond donors (Lipinski definition) is 4. The zero-order valence-electron chi connectivity index (χ0n) is 22.4. The minimum Gasteiger partial charge on any atom is -0.383 e. The largest absolute Gasteiger partial charge is 0.383 e. The van der Waals surface area contributed by atoms with Gasteiger partial charge in [-0.15, -0.1) is 11.3 Å². The number of nitrogens with two attached hydrogens (primary N) is 1. The van der Waals surface area contributed by atoms with Crippen molar-refractivity contribution in [1.82, 2.24) is 14.9 Å². The first-order valence-corrected chi connectivity index (χ1v) is 16.6. The number of sulfonamides is 1. The first kappa shape index (κ1) is 29.0. The third-order valence-electron chi connectivity index (χ3n) is 8.73. The fraction of sp³-hybridized carbons (Fsp3) is 0.741. The summed E-state index contributed by atoms with van der Waals surface area (Å²) in [6, 6.07) is 2.99. The van der Waals surface area contributed by atoms with Crippen molar-refractivity contribution in [2.45, 2.75) is 83.7 Å². The Bertz CT molecular complexity index is 1100. The fourth-order valence-electron chi connectivity index (χ4n) is 6.65. The Morgan fingerprint density at radius 2 is 1.82 bits per heavy atom. The Morgan fingerprint density at radius 3 is 2.50 bits per heavy atom. The van der Waals surface area contributed by atoms with Gasteiger partial charge < -0.3 is 16.0 Å². The van der Waals surface area contributed by atoms with E-state index < -0.39 is 16.1 Å². The molecule has 0 aromatic carbocycles. The lowest BCUT2D eigenvalue weighted by Gasteiger charge is -2.33. The van der Waals surface area contributed by atoms with E-state index in [-0.39, 0.29) is 41.8 Å². The molecule has 4 rings (SSSR count). The molecule has 4 atom stereocenters. The summed E-state index contributed by atoms with van der Waals surface area (Å²) < 4.78 is 28.0. The molecular formula is C27H43N5O4S2. The summed E-state index contributed by atoms with van der Waals surface area (Å²) >= 11 is 1.36. The van der Waals surface area contributed by atoms with Crippen LogP contribution in [0.3, 0.4) is 0 Å². The zero-order valence-corrected chi connectivity index (χ0v) is 24.0. The Hall–Kier alpha value is -1.98. The molecule has 1 aliphatic heterocycles. The van der Waals surface area contributed by atoms with Crippen LogP contribution < -0.4 is 15.8 Å². The summed E-state index contributed by atoms with van der Waals surface area (Å²) in [6.45, 7) is 2.75. The van der Waals surface area contributed by atoms with E-state index in [1.54, 1.807) is 11.0 Å². The Balaban J connectivity index is 1.40. The van der Waals surface area contributed by atoms with Crippen LogP contribution in [0.1, 0.15) is 80.9 Å². The Labute approximate surface area is 230 Å². The number of amides is 2. The molecule has 9 nitrogen and oxygen atoms in total. The molecule has 212 valence electrons. The SMILES string of the molecule is CC1CCCCC1C1C[C@@H](C(=O)NCc2ccc(C(=N)N)s2)N(C(=O)CNS(=O)(=O)CC2CCCCC2)C1. The van der Waals surface area contributed by atoms with Gasteiger partial charge in [0.25, 0.3) is 0 Å². The molecule has 3 fully saturated rings. The van der Waals surface area contributed by atoms with Gasteiger partial charge in [-0.05, 0) is 61.5 Å². The lowest BCUT2D eigenvalue weighted by Crippen LogP contribution is -2.49. The highest BCUT2D eigenvalue weighted by molar-refractivity contribution is 7.89. The lowest BCUT2D eigenvalue weighted by molar-refractivity contribution is -0.137. The predicted octanol–water partition coefficient (Wildman–Crippen LogP) is 3.19. The number of nitrogen functional groups attached to an aromatic ring is 1. The zero-order chi connectivity index (χ0) is 27.3. The Kier molecular flexibility index (Phi) is 9.86. The molecule has 3 aliphatic rings. The smallest absolute Gasteiger partial charge is 0.243 e. The minimum absolute atomic E-state index is 0.00414. The normalized spacial score (nSPS) is 26.8. The van der Waals surface area contributed by atoms with E-state index in [0.29, 0.717) is 36.2 Å². The fourth-order valence-corrected chi connectivity index (χ4v) is 8.88. The quantitative estimate of drug-likeness (QED) is 0.254. The van der Waals surface area contributed by atoms with E-state index in [2.05, 4.69) is 17.0 Å². The van der Waals surface area contributed by atoms with Crippen molar-refractivity contribution < 1.29 is 18.0 Å². The second kappa shape index (κ2) is 12.9. The summed E-state index contributed by atoms with van der Waals surface area (Å²) in [7, 11) is -3.56. The molecule has 5 N–H and O–H groups in total. The predicted molar refractivity (Wildman–Crippen MR) is 150 cm³/mol. The summed E-state index contributed by atoms with van der Waals surface area (Å²) in [6.07, 6.45) is 10.4. The number of nitrogens with zero attached hydrogens (tertiary/aromatic N) is 1. The van der Waals surface area contributed by atoms with Gasteiger partial charge in [-0.25, -0.2) is 13.1 Å². The number of likely N-dealkylation sites (tertiary alicyclic amines) is 1. The van der Waals surface area contributed by atoms with Gasteiger partial charge in [0.05, 0.1) is 23.7 Å². The van der Waals surface area contributed by atoms with Gasteiger partial charge in [-0.1, -0.05) is 45.4 Å². The van der Waals surface area contributed by atoms with Gasteiger partial charge in [0.1, 0.15) is 11.9 Å². The number of amidine groups is 1. The van der Waals surface area contributed by atoms with E-state index in [0.717, 1.165) is 43.4 Å². The summed E-state index contributed by atoms with van der Waals surface area (Å²) in [4.78, 5) is 29.8. The molecule has 2 heterocycles. The monoisotopic (exact) mass is 565 g/mol. The van der Waals surface area contributed by atoms with Crippen molar-refractivity contribution in [1.29, 1.82) is 5.41 Å². The Morgan fingerprint density at radius 1 is 1.11 bits per heavy atom. The van der Waals surface area contributed by atoms with Crippen LogP contribution in [0, 0.1) is 29.1 Å². The number of hydrogen-bond acceptors (Lipinski definition) is 6. The van der Waals surface area contributed by atoms with Crippen LogP contribution in [-0.2, 0) is 26.2 Å². The number of carbonyl (C=O) groups excluding carboxylic acids is 2. The van der Waals surface area contributed by atoms with Gasteiger partial charge in [0.2, 0.25) is 21.8 Å². The molecule has 1 aromatic heterocycles. The van der Waals surface area contributed by atoms with Crippen LogP contribution in [-0.4, -0.2) is 55.9 Å². The minimum atomic E-state index is -3.56. The van der Waals surface area contributed by atoms with Crippen molar-refractivity contribution in [2.24, 2.45) is 29.4 Å². The molecule has 2 amide bonds. The molecule has 1 aromatic rings. The summed E-state index contributed by atoms with van der Waals surface area (Å²) in [5.41, 5.74) is 5.56. The topological polar surface area (TPSA) is 145 Å². The molecular weight excluding hydrogens is 522 g/mol. The molecule has 1 saturated heterocycles. The van der Waals surface area contributed by atoms with Crippen molar-refractivity contribution in [2.75, 3.05) is 18.8 Å². The van der Waals surface area contributed by atoms with Gasteiger partial charge in [-0.2, -0.15) is 0 Å².